The molecule has 0 heterocycles. The first-order valence-corrected chi connectivity index (χ1v) is 8.08. The highest BCUT2D eigenvalue weighted by Gasteiger charge is 2.27. The number of carboxylic acid groups (broad SMARTS) is 1. The first-order chi connectivity index (χ1) is 10.6. The average molecular weight is 314 g/mol. The quantitative estimate of drug-likeness (QED) is 0.873. The number of aliphatic carboxylic acids is 1. The van der Waals surface area contributed by atoms with E-state index < -0.39 is 11.9 Å². The van der Waals surface area contributed by atoms with Crippen molar-refractivity contribution in [2.45, 2.75) is 12.8 Å². The summed E-state index contributed by atoms with van der Waals surface area (Å²) in [6.07, 6.45) is 0. The van der Waals surface area contributed by atoms with Crippen LogP contribution >= 0.6 is 11.8 Å². The second-order valence-corrected chi connectivity index (χ2v) is 6.10. The number of hydrogen-bond donors (Lipinski definition) is 1. The van der Waals surface area contributed by atoms with Crippen LogP contribution in [-0.2, 0) is 4.79 Å². The van der Waals surface area contributed by atoms with Gasteiger partial charge in [0.2, 0.25) is 5.12 Å². The lowest BCUT2D eigenvalue weighted by molar-refractivity contribution is -0.141. The molecule has 0 spiro atoms. The fraction of sp³-hybridized carbons (Fsp3) is 0.222. The molecule has 1 N–H and O–H groups in total. The smallest absolute Gasteiger partial charge is 0.307 e. The maximum absolute atomic E-state index is 12.1. The molecule has 0 aromatic heterocycles. The molecule has 0 fully saturated rings. The number of carbonyl (C=O) groups is 2. The third-order valence-electron chi connectivity index (χ3n) is 3.65. The lowest BCUT2D eigenvalue weighted by Crippen LogP contribution is -2.23. The summed E-state index contributed by atoms with van der Waals surface area (Å²) in [4.78, 5) is 23.6. The zero-order chi connectivity index (χ0) is 15.9. The molecule has 0 unspecified atom stereocenters. The van der Waals surface area contributed by atoms with Crippen LogP contribution in [0.2, 0.25) is 0 Å². The summed E-state index contributed by atoms with van der Waals surface area (Å²) in [6, 6.07) is 18.5. The number of hydrogen-bond acceptors (Lipinski definition) is 3. The minimum absolute atomic E-state index is 0.0906. The number of carbonyl (C=O) groups excluding carboxylic acids is 1. The number of benzene rings is 2. The SMILES string of the molecule is C[C@@H](c1ccccc1)[C@@H](CSC(=O)c1ccccc1)C(=O)O. The van der Waals surface area contributed by atoms with E-state index in [1.165, 1.54) is 0 Å². The van der Waals surface area contributed by atoms with Crippen LogP contribution in [0.3, 0.4) is 0 Å². The molecule has 0 radical (unpaired) electrons. The summed E-state index contributed by atoms with van der Waals surface area (Å²) in [5.41, 5.74) is 1.58. The van der Waals surface area contributed by atoms with Crippen LogP contribution in [0.25, 0.3) is 0 Å². The van der Waals surface area contributed by atoms with Gasteiger partial charge in [-0.15, -0.1) is 0 Å². The molecule has 114 valence electrons. The van der Waals surface area contributed by atoms with E-state index in [2.05, 4.69) is 0 Å². The molecule has 0 saturated heterocycles. The number of thioether (sulfide) groups is 1. The van der Waals surface area contributed by atoms with Crippen LogP contribution in [0, 0.1) is 5.92 Å². The summed E-state index contributed by atoms with van der Waals surface area (Å²) in [5.74, 6) is -1.35. The van der Waals surface area contributed by atoms with E-state index in [0.717, 1.165) is 17.3 Å². The largest absolute Gasteiger partial charge is 0.481 e. The Labute approximate surface area is 134 Å². The average Bonchev–Trinajstić information content (AvgIpc) is 2.56. The van der Waals surface area contributed by atoms with Crippen molar-refractivity contribution in [1.29, 1.82) is 0 Å². The Morgan fingerprint density at radius 1 is 1.00 bits per heavy atom. The van der Waals surface area contributed by atoms with E-state index in [4.69, 9.17) is 0 Å². The van der Waals surface area contributed by atoms with Crippen LogP contribution in [0.1, 0.15) is 28.8 Å². The van der Waals surface area contributed by atoms with Gasteiger partial charge in [0.15, 0.2) is 0 Å². The molecule has 2 rings (SSSR count). The Balaban J connectivity index is 2.04. The minimum Gasteiger partial charge on any atom is -0.481 e. The zero-order valence-corrected chi connectivity index (χ0v) is 13.1. The molecular weight excluding hydrogens is 296 g/mol. The highest BCUT2D eigenvalue weighted by molar-refractivity contribution is 8.14. The van der Waals surface area contributed by atoms with Crippen molar-refractivity contribution in [2.24, 2.45) is 5.92 Å². The zero-order valence-electron chi connectivity index (χ0n) is 12.3. The third-order valence-corrected chi connectivity index (χ3v) is 4.67. The van der Waals surface area contributed by atoms with Gasteiger partial charge in [0, 0.05) is 11.3 Å². The molecule has 0 aliphatic rings. The first-order valence-electron chi connectivity index (χ1n) is 7.09. The molecule has 2 aromatic carbocycles. The summed E-state index contributed by atoms with van der Waals surface area (Å²) in [6.45, 7) is 1.89. The van der Waals surface area contributed by atoms with Gasteiger partial charge in [-0.3, -0.25) is 9.59 Å². The van der Waals surface area contributed by atoms with Gasteiger partial charge in [-0.05, 0) is 11.5 Å². The highest BCUT2D eigenvalue weighted by Crippen LogP contribution is 2.28. The summed E-state index contributed by atoms with van der Waals surface area (Å²) >= 11 is 1.07. The van der Waals surface area contributed by atoms with Gasteiger partial charge in [-0.1, -0.05) is 79.3 Å². The van der Waals surface area contributed by atoms with Crippen molar-refractivity contribution < 1.29 is 14.7 Å². The number of carboxylic acids is 1. The Morgan fingerprint density at radius 3 is 2.09 bits per heavy atom. The fourth-order valence-corrected chi connectivity index (χ4v) is 3.31. The van der Waals surface area contributed by atoms with Gasteiger partial charge in [0.1, 0.15) is 0 Å². The van der Waals surface area contributed by atoms with E-state index in [9.17, 15) is 14.7 Å². The predicted octanol–water partition coefficient (Wildman–Crippen LogP) is 4.06. The highest BCUT2D eigenvalue weighted by atomic mass is 32.2. The lowest BCUT2D eigenvalue weighted by Gasteiger charge is -2.20. The van der Waals surface area contributed by atoms with Gasteiger partial charge in [-0.2, -0.15) is 0 Å². The molecule has 0 aliphatic heterocycles. The summed E-state index contributed by atoms with van der Waals surface area (Å²) < 4.78 is 0. The minimum atomic E-state index is -0.871. The Morgan fingerprint density at radius 2 is 1.55 bits per heavy atom. The standard InChI is InChI=1S/C18H18O3S/c1-13(14-8-4-2-5-9-14)16(17(19)20)12-22-18(21)15-10-6-3-7-11-15/h2-11,13,16H,12H2,1H3,(H,19,20)/t13-,16+/m0/s1. The Kier molecular flexibility index (Phi) is 5.78. The van der Waals surface area contributed by atoms with Crippen LogP contribution in [0.15, 0.2) is 60.7 Å². The predicted molar refractivity (Wildman–Crippen MR) is 89.2 cm³/mol. The van der Waals surface area contributed by atoms with E-state index in [-0.39, 0.29) is 16.8 Å². The third kappa shape index (κ3) is 4.21. The second-order valence-electron chi connectivity index (χ2n) is 5.11. The summed E-state index contributed by atoms with van der Waals surface area (Å²) in [5, 5.41) is 9.37. The maximum atomic E-state index is 12.1. The lowest BCUT2D eigenvalue weighted by atomic mass is 9.89. The second kappa shape index (κ2) is 7.80. The molecule has 0 aliphatic carbocycles. The molecule has 0 saturated carbocycles. The maximum Gasteiger partial charge on any atom is 0.307 e. The fourth-order valence-electron chi connectivity index (χ4n) is 2.24. The molecule has 2 atom stereocenters. The van der Waals surface area contributed by atoms with Crippen molar-refractivity contribution >= 4 is 22.8 Å². The Bertz CT molecular complexity index is 625. The normalized spacial score (nSPS) is 13.3. The van der Waals surface area contributed by atoms with Gasteiger partial charge >= 0.3 is 5.97 Å². The first kappa shape index (κ1) is 16.3. The summed E-state index contributed by atoms with van der Waals surface area (Å²) in [7, 11) is 0. The van der Waals surface area contributed by atoms with E-state index in [1.807, 2.05) is 43.3 Å². The molecule has 3 nitrogen and oxygen atoms in total. The molecule has 22 heavy (non-hydrogen) atoms. The molecule has 2 aromatic rings. The van der Waals surface area contributed by atoms with Crippen molar-refractivity contribution in [2.75, 3.05) is 5.75 Å². The van der Waals surface area contributed by atoms with Crippen LogP contribution in [0.4, 0.5) is 0 Å². The van der Waals surface area contributed by atoms with Crippen molar-refractivity contribution in [3.63, 3.8) is 0 Å². The van der Waals surface area contributed by atoms with Gasteiger partial charge < -0.3 is 5.11 Å². The van der Waals surface area contributed by atoms with Crippen molar-refractivity contribution in [3.05, 3.63) is 71.8 Å². The van der Waals surface area contributed by atoms with Crippen LogP contribution in [-0.4, -0.2) is 21.9 Å². The van der Waals surface area contributed by atoms with Crippen LogP contribution in [0.5, 0.6) is 0 Å². The van der Waals surface area contributed by atoms with Crippen molar-refractivity contribution in [1.82, 2.24) is 0 Å². The van der Waals surface area contributed by atoms with Gasteiger partial charge in [0.05, 0.1) is 5.92 Å². The van der Waals surface area contributed by atoms with E-state index in [0.29, 0.717) is 5.56 Å². The topological polar surface area (TPSA) is 54.4 Å². The Hall–Kier alpha value is -2.07. The van der Waals surface area contributed by atoms with E-state index >= 15 is 0 Å². The monoisotopic (exact) mass is 314 g/mol. The van der Waals surface area contributed by atoms with Crippen molar-refractivity contribution in [3.8, 4) is 0 Å². The molecular formula is C18H18O3S. The van der Waals surface area contributed by atoms with E-state index in [1.54, 1.807) is 24.3 Å². The molecule has 0 bridgehead atoms. The number of rotatable bonds is 6. The molecule has 0 amide bonds. The van der Waals surface area contributed by atoms with Crippen LogP contribution < -0.4 is 0 Å². The van der Waals surface area contributed by atoms with Gasteiger partial charge in [-0.25, -0.2) is 0 Å². The molecule has 4 heteroatoms. The van der Waals surface area contributed by atoms with Gasteiger partial charge in [0.25, 0.3) is 0 Å².